The van der Waals surface area contributed by atoms with Crippen LogP contribution in [-0.4, -0.2) is 16.2 Å². The number of aliphatic hydroxyl groups excluding tert-OH is 1. The molecule has 1 fully saturated rings. The summed E-state index contributed by atoms with van der Waals surface area (Å²) < 4.78 is 0. The van der Waals surface area contributed by atoms with Crippen LogP contribution in [0, 0.1) is 11.8 Å². The predicted octanol–water partition coefficient (Wildman–Crippen LogP) is 3.65. The van der Waals surface area contributed by atoms with E-state index in [0.29, 0.717) is 5.92 Å². The zero-order chi connectivity index (χ0) is 12.1. The van der Waals surface area contributed by atoms with Crippen LogP contribution in [0.15, 0.2) is 11.7 Å². The molecule has 1 saturated carbocycles. The summed E-state index contributed by atoms with van der Waals surface area (Å²) in [5.74, 6) is 1.44. The number of aliphatic hydroxyl groups is 1. The van der Waals surface area contributed by atoms with Crippen LogP contribution in [0.1, 0.15) is 50.3 Å². The molecule has 0 amide bonds. The van der Waals surface area contributed by atoms with Crippen LogP contribution in [0.4, 0.5) is 0 Å². The first kappa shape index (κ1) is 13.0. The number of hydrogen-bond acceptors (Lipinski definition) is 3. The highest BCUT2D eigenvalue weighted by Crippen LogP contribution is 2.34. The van der Waals surface area contributed by atoms with Crippen molar-refractivity contribution in [1.29, 1.82) is 0 Å². The molecule has 17 heavy (non-hydrogen) atoms. The summed E-state index contributed by atoms with van der Waals surface area (Å²) in [6.45, 7) is 2.27. The second kappa shape index (κ2) is 6.50. The van der Waals surface area contributed by atoms with E-state index in [1.54, 1.807) is 11.3 Å². The van der Waals surface area contributed by atoms with Gasteiger partial charge in [0, 0.05) is 17.5 Å². The molecule has 0 bridgehead atoms. The van der Waals surface area contributed by atoms with Crippen LogP contribution in [0.3, 0.4) is 0 Å². The molecule has 1 aliphatic rings. The first-order valence-corrected chi connectivity index (χ1v) is 7.73. The molecule has 2 rings (SSSR count). The van der Waals surface area contributed by atoms with Crippen molar-refractivity contribution in [3.8, 4) is 0 Å². The number of rotatable bonds is 5. The van der Waals surface area contributed by atoms with Gasteiger partial charge >= 0.3 is 0 Å². The third-order valence-electron chi connectivity index (χ3n) is 4.03. The van der Waals surface area contributed by atoms with Crippen molar-refractivity contribution in [2.24, 2.45) is 11.8 Å². The van der Waals surface area contributed by atoms with Gasteiger partial charge in [0.2, 0.25) is 0 Å². The summed E-state index contributed by atoms with van der Waals surface area (Å²) in [7, 11) is 0. The monoisotopic (exact) mass is 253 g/mol. The normalized spacial score (nSPS) is 26.9. The SMILES string of the molecule is CCCC1CCC(C(O)Cc2cncs2)CC1. The fourth-order valence-electron chi connectivity index (χ4n) is 2.99. The van der Waals surface area contributed by atoms with E-state index in [-0.39, 0.29) is 6.10 Å². The van der Waals surface area contributed by atoms with Gasteiger partial charge in [-0.1, -0.05) is 32.6 Å². The van der Waals surface area contributed by atoms with Gasteiger partial charge in [-0.2, -0.15) is 0 Å². The Morgan fingerprint density at radius 2 is 2.18 bits per heavy atom. The van der Waals surface area contributed by atoms with Gasteiger partial charge in [0.15, 0.2) is 0 Å². The predicted molar refractivity (Wildman–Crippen MR) is 72.2 cm³/mol. The maximum Gasteiger partial charge on any atom is 0.0794 e. The molecule has 1 aromatic rings. The summed E-state index contributed by atoms with van der Waals surface area (Å²) in [6, 6.07) is 0. The maximum absolute atomic E-state index is 10.2. The van der Waals surface area contributed by atoms with Gasteiger partial charge in [-0.3, -0.25) is 4.98 Å². The smallest absolute Gasteiger partial charge is 0.0794 e. The standard InChI is InChI=1S/C14H23NOS/c1-2-3-11-4-6-12(7-5-11)14(16)8-13-9-15-10-17-13/h9-12,14,16H,2-8H2,1H3. The Hall–Kier alpha value is -0.410. The molecule has 3 heteroatoms. The first-order valence-electron chi connectivity index (χ1n) is 6.85. The highest BCUT2D eigenvalue weighted by molar-refractivity contribution is 7.09. The van der Waals surface area contributed by atoms with E-state index in [1.165, 1.54) is 43.4 Å². The fourth-order valence-corrected chi connectivity index (χ4v) is 3.63. The Labute approximate surface area is 108 Å². The van der Waals surface area contributed by atoms with Crippen LogP contribution in [-0.2, 0) is 6.42 Å². The summed E-state index contributed by atoms with van der Waals surface area (Å²) in [5.41, 5.74) is 1.85. The molecular weight excluding hydrogens is 230 g/mol. The van der Waals surface area contributed by atoms with Crippen LogP contribution >= 0.6 is 11.3 Å². The van der Waals surface area contributed by atoms with Crippen molar-refractivity contribution in [3.05, 3.63) is 16.6 Å². The molecule has 1 aromatic heterocycles. The lowest BCUT2D eigenvalue weighted by Gasteiger charge is -2.31. The second-order valence-corrected chi connectivity index (χ2v) is 6.28. The molecule has 96 valence electrons. The lowest BCUT2D eigenvalue weighted by atomic mass is 9.77. The third-order valence-corrected chi connectivity index (χ3v) is 4.83. The van der Waals surface area contributed by atoms with Crippen molar-refractivity contribution in [2.45, 2.75) is 58.0 Å². The van der Waals surface area contributed by atoms with Gasteiger partial charge in [-0.15, -0.1) is 11.3 Å². The molecule has 0 saturated heterocycles. The Balaban J connectivity index is 1.76. The van der Waals surface area contributed by atoms with E-state index in [0.717, 1.165) is 12.3 Å². The van der Waals surface area contributed by atoms with Gasteiger partial charge in [-0.25, -0.2) is 0 Å². The van der Waals surface area contributed by atoms with Crippen molar-refractivity contribution >= 4 is 11.3 Å². The summed E-state index contributed by atoms with van der Waals surface area (Å²) in [4.78, 5) is 5.28. The molecule has 0 spiro atoms. The molecule has 1 unspecified atom stereocenters. The second-order valence-electron chi connectivity index (χ2n) is 5.31. The lowest BCUT2D eigenvalue weighted by molar-refractivity contribution is 0.0734. The minimum Gasteiger partial charge on any atom is -0.392 e. The van der Waals surface area contributed by atoms with Crippen molar-refractivity contribution in [3.63, 3.8) is 0 Å². The van der Waals surface area contributed by atoms with Crippen molar-refractivity contribution < 1.29 is 5.11 Å². The van der Waals surface area contributed by atoms with E-state index in [2.05, 4.69) is 11.9 Å². The zero-order valence-corrected chi connectivity index (χ0v) is 11.5. The number of aromatic nitrogens is 1. The largest absolute Gasteiger partial charge is 0.392 e. The fraction of sp³-hybridized carbons (Fsp3) is 0.786. The van der Waals surface area contributed by atoms with E-state index in [1.807, 2.05) is 11.7 Å². The molecule has 0 radical (unpaired) electrons. The minimum atomic E-state index is -0.155. The van der Waals surface area contributed by atoms with Crippen LogP contribution in [0.5, 0.6) is 0 Å². The number of hydrogen-bond donors (Lipinski definition) is 1. The van der Waals surface area contributed by atoms with Crippen molar-refractivity contribution in [2.75, 3.05) is 0 Å². The lowest BCUT2D eigenvalue weighted by Crippen LogP contribution is -2.27. The Morgan fingerprint density at radius 3 is 2.76 bits per heavy atom. The minimum absolute atomic E-state index is 0.155. The maximum atomic E-state index is 10.2. The van der Waals surface area contributed by atoms with Gasteiger partial charge in [0.05, 0.1) is 11.6 Å². The molecule has 2 nitrogen and oxygen atoms in total. The van der Waals surface area contributed by atoms with E-state index >= 15 is 0 Å². The van der Waals surface area contributed by atoms with Gasteiger partial charge in [0.1, 0.15) is 0 Å². The Bertz CT molecular complexity index is 304. The van der Waals surface area contributed by atoms with Crippen LogP contribution < -0.4 is 0 Å². The van der Waals surface area contributed by atoms with Crippen LogP contribution in [0.2, 0.25) is 0 Å². The van der Waals surface area contributed by atoms with Crippen LogP contribution in [0.25, 0.3) is 0 Å². The topological polar surface area (TPSA) is 33.1 Å². The first-order chi connectivity index (χ1) is 8.29. The average Bonchev–Trinajstić information content (AvgIpc) is 2.83. The molecule has 0 aromatic carbocycles. The van der Waals surface area contributed by atoms with Gasteiger partial charge < -0.3 is 5.11 Å². The molecular formula is C14H23NOS. The van der Waals surface area contributed by atoms with Crippen molar-refractivity contribution in [1.82, 2.24) is 4.98 Å². The third kappa shape index (κ3) is 3.78. The summed E-state index contributed by atoms with van der Waals surface area (Å²) >= 11 is 1.65. The molecule has 0 aliphatic heterocycles. The quantitative estimate of drug-likeness (QED) is 0.869. The number of nitrogens with zero attached hydrogens (tertiary/aromatic N) is 1. The van der Waals surface area contributed by atoms with Gasteiger partial charge in [-0.05, 0) is 24.7 Å². The molecule has 1 N–H and O–H groups in total. The van der Waals surface area contributed by atoms with Gasteiger partial charge in [0.25, 0.3) is 0 Å². The Kier molecular flexibility index (Phi) is 4.99. The van der Waals surface area contributed by atoms with E-state index in [9.17, 15) is 5.11 Å². The summed E-state index contributed by atoms with van der Waals surface area (Å²) in [6.07, 6.45) is 10.3. The molecule has 1 heterocycles. The zero-order valence-electron chi connectivity index (χ0n) is 10.6. The number of thiazole rings is 1. The van der Waals surface area contributed by atoms with E-state index in [4.69, 9.17) is 0 Å². The molecule has 1 atom stereocenters. The Morgan fingerprint density at radius 1 is 1.41 bits per heavy atom. The highest BCUT2D eigenvalue weighted by atomic mass is 32.1. The molecule has 1 aliphatic carbocycles. The highest BCUT2D eigenvalue weighted by Gasteiger charge is 2.26. The van der Waals surface area contributed by atoms with E-state index < -0.39 is 0 Å². The summed E-state index contributed by atoms with van der Waals surface area (Å²) in [5, 5.41) is 10.2. The average molecular weight is 253 g/mol.